The van der Waals surface area contributed by atoms with Gasteiger partial charge in [-0.2, -0.15) is 0 Å². The van der Waals surface area contributed by atoms with Crippen LogP contribution in [0.4, 0.5) is 0 Å². The molecule has 0 aromatic heterocycles. The number of nitrogens with two attached hydrogens (primary N) is 1. The van der Waals surface area contributed by atoms with Crippen LogP contribution in [0.2, 0.25) is 10.0 Å². The summed E-state index contributed by atoms with van der Waals surface area (Å²) in [4.78, 5) is 0. The van der Waals surface area contributed by atoms with Crippen molar-refractivity contribution in [1.29, 1.82) is 0 Å². The van der Waals surface area contributed by atoms with Gasteiger partial charge in [0.15, 0.2) is 0 Å². The molecule has 1 fully saturated rings. The van der Waals surface area contributed by atoms with Crippen LogP contribution in [0.15, 0.2) is 18.2 Å². The number of hydrogen-bond acceptors (Lipinski definition) is 2. The lowest BCUT2D eigenvalue weighted by Gasteiger charge is -2.34. The number of rotatable bonds is 3. The number of benzene rings is 1. The third-order valence-corrected chi connectivity index (χ3v) is 3.77. The van der Waals surface area contributed by atoms with Crippen LogP contribution in [-0.2, 0) is 0 Å². The monoisotopic (exact) mass is 244 g/mol. The summed E-state index contributed by atoms with van der Waals surface area (Å²) >= 11 is 12.3. The summed E-state index contributed by atoms with van der Waals surface area (Å²) in [6, 6.07) is 5.64. The summed E-state index contributed by atoms with van der Waals surface area (Å²) < 4.78 is 0. The molecule has 0 aliphatic heterocycles. The first-order chi connectivity index (χ1) is 7.24. The van der Waals surface area contributed by atoms with Gasteiger partial charge in [0.25, 0.3) is 0 Å². The summed E-state index contributed by atoms with van der Waals surface area (Å²) in [5.41, 5.74) is 3.77. The summed E-state index contributed by atoms with van der Waals surface area (Å²) in [6.07, 6.45) is 3.65. The highest BCUT2D eigenvalue weighted by Gasteiger charge is 2.30. The zero-order valence-corrected chi connectivity index (χ0v) is 9.85. The lowest BCUT2D eigenvalue weighted by atomic mass is 9.77. The number of nitrogens with one attached hydrogen (secondary N) is 1. The lowest BCUT2D eigenvalue weighted by molar-refractivity contribution is 0.232. The molecule has 1 saturated carbocycles. The van der Waals surface area contributed by atoms with Crippen molar-refractivity contribution in [2.24, 2.45) is 11.8 Å². The van der Waals surface area contributed by atoms with E-state index >= 15 is 0 Å². The minimum atomic E-state index is 0.0833. The number of halogens is 2. The van der Waals surface area contributed by atoms with Gasteiger partial charge >= 0.3 is 0 Å². The fourth-order valence-electron chi connectivity index (χ4n) is 2.04. The van der Waals surface area contributed by atoms with E-state index in [0.717, 1.165) is 5.56 Å². The molecule has 4 heteroatoms. The average molecular weight is 245 g/mol. The molecule has 0 bridgehead atoms. The van der Waals surface area contributed by atoms with Gasteiger partial charge in [0.2, 0.25) is 0 Å². The van der Waals surface area contributed by atoms with E-state index in [9.17, 15) is 0 Å². The molecule has 15 heavy (non-hydrogen) atoms. The largest absolute Gasteiger partial charge is 0.271 e. The molecule has 2 nitrogen and oxygen atoms in total. The topological polar surface area (TPSA) is 38.0 Å². The van der Waals surface area contributed by atoms with E-state index in [2.05, 4.69) is 5.43 Å². The summed E-state index contributed by atoms with van der Waals surface area (Å²) in [5.74, 6) is 6.15. The van der Waals surface area contributed by atoms with Gasteiger partial charge < -0.3 is 0 Å². The maximum atomic E-state index is 6.15. The van der Waals surface area contributed by atoms with Crippen LogP contribution in [0.3, 0.4) is 0 Å². The summed E-state index contributed by atoms with van der Waals surface area (Å²) in [5, 5.41) is 1.38. The van der Waals surface area contributed by atoms with Crippen molar-refractivity contribution in [3.05, 3.63) is 33.8 Å². The highest BCUT2D eigenvalue weighted by atomic mass is 35.5. The van der Waals surface area contributed by atoms with Crippen LogP contribution in [-0.4, -0.2) is 0 Å². The second-order valence-electron chi connectivity index (χ2n) is 3.97. The van der Waals surface area contributed by atoms with Crippen molar-refractivity contribution in [3.8, 4) is 0 Å². The third-order valence-electron chi connectivity index (χ3n) is 3.11. The summed E-state index contributed by atoms with van der Waals surface area (Å²) in [7, 11) is 0. The lowest BCUT2D eigenvalue weighted by Crippen LogP contribution is -2.36. The normalized spacial score (nSPS) is 18.6. The summed E-state index contributed by atoms with van der Waals surface area (Å²) in [6.45, 7) is 0. The van der Waals surface area contributed by atoms with Gasteiger partial charge in [-0.25, -0.2) is 0 Å². The Hall–Kier alpha value is -0.280. The first-order valence-electron chi connectivity index (χ1n) is 5.14. The van der Waals surface area contributed by atoms with E-state index in [0.29, 0.717) is 16.0 Å². The second kappa shape index (κ2) is 4.71. The van der Waals surface area contributed by atoms with Gasteiger partial charge in [-0.05, 0) is 30.9 Å². The maximum absolute atomic E-state index is 6.15. The molecule has 1 aromatic carbocycles. The maximum Gasteiger partial charge on any atom is 0.0517 e. The predicted octanol–water partition coefficient (Wildman–Crippen LogP) is 3.30. The molecule has 1 aromatic rings. The van der Waals surface area contributed by atoms with Crippen molar-refractivity contribution < 1.29 is 0 Å². The molecule has 3 N–H and O–H groups in total. The van der Waals surface area contributed by atoms with Crippen LogP contribution in [0, 0.1) is 5.92 Å². The fraction of sp³-hybridized carbons (Fsp3) is 0.455. The van der Waals surface area contributed by atoms with E-state index in [1.807, 2.05) is 18.2 Å². The molecule has 1 aliphatic rings. The minimum Gasteiger partial charge on any atom is -0.271 e. The third kappa shape index (κ3) is 2.13. The number of hydrogen-bond donors (Lipinski definition) is 2. The molecular weight excluding hydrogens is 231 g/mol. The first-order valence-corrected chi connectivity index (χ1v) is 5.89. The van der Waals surface area contributed by atoms with Crippen LogP contribution in [0.25, 0.3) is 0 Å². The van der Waals surface area contributed by atoms with Gasteiger partial charge in [-0.1, -0.05) is 35.7 Å². The molecule has 1 atom stereocenters. The Morgan fingerprint density at radius 2 is 1.87 bits per heavy atom. The van der Waals surface area contributed by atoms with Crippen molar-refractivity contribution in [3.63, 3.8) is 0 Å². The van der Waals surface area contributed by atoms with E-state index in [1.165, 1.54) is 19.3 Å². The van der Waals surface area contributed by atoms with Crippen LogP contribution in [0.1, 0.15) is 30.9 Å². The zero-order chi connectivity index (χ0) is 10.8. The smallest absolute Gasteiger partial charge is 0.0517 e. The van der Waals surface area contributed by atoms with Gasteiger partial charge in [0.05, 0.1) is 6.04 Å². The fourth-order valence-corrected chi connectivity index (χ4v) is 2.67. The second-order valence-corrected chi connectivity index (χ2v) is 4.79. The Kier molecular flexibility index (Phi) is 3.52. The van der Waals surface area contributed by atoms with Crippen molar-refractivity contribution in [1.82, 2.24) is 5.43 Å². The van der Waals surface area contributed by atoms with Crippen LogP contribution in [0.5, 0.6) is 0 Å². The highest BCUT2D eigenvalue weighted by molar-refractivity contribution is 6.36. The highest BCUT2D eigenvalue weighted by Crippen LogP contribution is 2.41. The van der Waals surface area contributed by atoms with Gasteiger partial charge in [-0.3, -0.25) is 11.3 Å². The minimum absolute atomic E-state index is 0.0833. The number of hydrazine groups is 1. The van der Waals surface area contributed by atoms with E-state index in [-0.39, 0.29) is 6.04 Å². The van der Waals surface area contributed by atoms with Gasteiger partial charge in [-0.15, -0.1) is 0 Å². The van der Waals surface area contributed by atoms with E-state index in [1.54, 1.807) is 0 Å². The van der Waals surface area contributed by atoms with Gasteiger partial charge in [0, 0.05) is 15.6 Å². The Bertz CT molecular complexity index is 330. The molecular formula is C11H14Cl2N2. The molecule has 1 aliphatic carbocycles. The zero-order valence-electron chi connectivity index (χ0n) is 8.34. The Labute approximate surface area is 99.7 Å². The van der Waals surface area contributed by atoms with Gasteiger partial charge in [0.1, 0.15) is 0 Å². The Morgan fingerprint density at radius 3 is 2.27 bits per heavy atom. The Morgan fingerprint density at radius 1 is 1.27 bits per heavy atom. The molecule has 1 unspecified atom stereocenters. The van der Waals surface area contributed by atoms with Crippen molar-refractivity contribution in [2.75, 3.05) is 0 Å². The van der Waals surface area contributed by atoms with E-state index in [4.69, 9.17) is 29.0 Å². The van der Waals surface area contributed by atoms with Crippen LogP contribution < -0.4 is 11.3 Å². The first kappa shape index (κ1) is 11.2. The van der Waals surface area contributed by atoms with Crippen molar-refractivity contribution in [2.45, 2.75) is 25.3 Å². The molecule has 0 heterocycles. The van der Waals surface area contributed by atoms with E-state index < -0.39 is 0 Å². The molecule has 0 amide bonds. The Balaban J connectivity index is 2.32. The predicted molar refractivity (Wildman–Crippen MR) is 63.9 cm³/mol. The molecule has 82 valence electrons. The quantitative estimate of drug-likeness (QED) is 0.633. The van der Waals surface area contributed by atoms with Crippen LogP contribution >= 0.6 is 23.2 Å². The standard InChI is InChI=1S/C11H14Cl2N2/c12-8-5-2-6-9(13)10(8)11(15-14)7-3-1-4-7/h2,5-7,11,15H,1,3-4,14H2. The average Bonchev–Trinajstić information content (AvgIpc) is 2.12. The molecule has 2 rings (SSSR count). The molecule has 0 spiro atoms. The molecule has 0 saturated heterocycles. The SMILES string of the molecule is NNC(c1c(Cl)cccc1Cl)C1CCC1. The molecule has 0 radical (unpaired) electrons. The van der Waals surface area contributed by atoms with Crippen molar-refractivity contribution >= 4 is 23.2 Å².